The van der Waals surface area contributed by atoms with Crippen LogP contribution < -0.4 is 14.8 Å². The highest BCUT2D eigenvalue weighted by Crippen LogP contribution is 2.24. The number of H-pyrrole nitrogens is 1. The Kier molecular flexibility index (Phi) is 3.39. The number of aromatic amines is 1. The summed E-state index contributed by atoms with van der Waals surface area (Å²) in [7, 11) is 3.12. The molecule has 2 rings (SSSR count). The average molecular weight is 235 g/mol. The van der Waals surface area contributed by atoms with Crippen LogP contribution in [0.5, 0.6) is 11.8 Å². The van der Waals surface area contributed by atoms with Crippen LogP contribution in [-0.4, -0.2) is 34.4 Å². The lowest BCUT2D eigenvalue weighted by Gasteiger charge is -2.11. The van der Waals surface area contributed by atoms with Gasteiger partial charge in [-0.05, 0) is 0 Å². The molecule has 2 heterocycles. The lowest BCUT2D eigenvalue weighted by atomic mass is 10.3. The normalized spacial score (nSPS) is 10.0. The Labute approximate surface area is 98.2 Å². The summed E-state index contributed by atoms with van der Waals surface area (Å²) in [6.07, 6.45) is 4.84. The lowest BCUT2D eigenvalue weighted by Crippen LogP contribution is -2.06. The van der Waals surface area contributed by atoms with Crippen molar-refractivity contribution >= 4 is 5.69 Å². The molecular weight excluding hydrogens is 222 g/mol. The standard InChI is InChI=1S/C10H13N5O2/c1-16-9-8(10(17-2)13-6-12-9)5-11-7-3-14-15-4-7/h3-4,6,11H,5H2,1-2H3,(H,14,15). The minimum absolute atomic E-state index is 0.493. The molecule has 0 aliphatic heterocycles. The quantitative estimate of drug-likeness (QED) is 0.798. The van der Waals surface area contributed by atoms with E-state index < -0.39 is 0 Å². The number of hydrogen-bond donors (Lipinski definition) is 2. The van der Waals surface area contributed by atoms with Gasteiger partial charge in [0.2, 0.25) is 11.8 Å². The van der Waals surface area contributed by atoms with Gasteiger partial charge < -0.3 is 14.8 Å². The minimum Gasteiger partial charge on any atom is -0.481 e. The molecule has 17 heavy (non-hydrogen) atoms. The molecule has 0 atom stereocenters. The van der Waals surface area contributed by atoms with Gasteiger partial charge in [0.05, 0.1) is 38.2 Å². The third-order valence-electron chi connectivity index (χ3n) is 2.22. The Balaban J connectivity index is 2.18. The van der Waals surface area contributed by atoms with E-state index in [4.69, 9.17) is 9.47 Å². The molecule has 90 valence electrons. The summed E-state index contributed by atoms with van der Waals surface area (Å²) in [6, 6.07) is 0. The number of ether oxygens (including phenoxy) is 2. The van der Waals surface area contributed by atoms with Gasteiger partial charge in [0.25, 0.3) is 0 Å². The number of anilines is 1. The van der Waals surface area contributed by atoms with Crippen LogP contribution in [0, 0.1) is 0 Å². The maximum absolute atomic E-state index is 5.16. The van der Waals surface area contributed by atoms with Crippen molar-refractivity contribution in [2.24, 2.45) is 0 Å². The van der Waals surface area contributed by atoms with Crippen molar-refractivity contribution in [2.75, 3.05) is 19.5 Å². The number of nitrogens with zero attached hydrogens (tertiary/aromatic N) is 3. The van der Waals surface area contributed by atoms with E-state index in [-0.39, 0.29) is 0 Å². The number of aromatic nitrogens is 4. The molecule has 7 heteroatoms. The van der Waals surface area contributed by atoms with E-state index in [1.807, 2.05) is 0 Å². The summed E-state index contributed by atoms with van der Waals surface area (Å²) in [5.74, 6) is 0.987. The smallest absolute Gasteiger partial charge is 0.225 e. The highest BCUT2D eigenvalue weighted by Gasteiger charge is 2.12. The molecule has 0 saturated heterocycles. The first-order valence-corrected chi connectivity index (χ1v) is 4.99. The van der Waals surface area contributed by atoms with Crippen molar-refractivity contribution in [3.8, 4) is 11.8 Å². The molecule has 0 radical (unpaired) electrons. The fourth-order valence-electron chi connectivity index (χ4n) is 1.42. The first kappa shape index (κ1) is 11.2. The molecule has 0 fully saturated rings. The highest BCUT2D eigenvalue weighted by molar-refractivity contribution is 5.42. The zero-order valence-corrected chi connectivity index (χ0v) is 9.60. The Morgan fingerprint density at radius 3 is 2.47 bits per heavy atom. The van der Waals surface area contributed by atoms with E-state index >= 15 is 0 Å². The van der Waals surface area contributed by atoms with Gasteiger partial charge in [-0.2, -0.15) is 5.10 Å². The van der Waals surface area contributed by atoms with Crippen molar-refractivity contribution in [3.05, 3.63) is 24.3 Å². The van der Waals surface area contributed by atoms with E-state index in [1.54, 1.807) is 26.6 Å². The molecular formula is C10H13N5O2. The number of hydrogen-bond acceptors (Lipinski definition) is 6. The Morgan fingerprint density at radius 1 is 1.24 bits per heavy atom. The maximum atomic E-state index is 5.16. The molecule has 7 nitrogen and oxygen atoms in total. The summed E-state index contributed by atoms with van der Waals surface area (Å²) in [6.45, 7) is 0.493. The predicted octanol–water partition coefficient (Wildman–Crippen LogP) is 0.829. The Hall–Kier alpha value is -2.31. The van der Waals surface area contributed by atoms with Gasteiger partial charge in [-0.1, -0.05) is 0 Å². The predicted molar refractivity (Wildman–Crippen MR) is 61.1 cm³/mol. The molecule has 2 N–H and O–H groups in total. The fraction of sp³-hybridized carbons (Fsp3) is 0.300. The van der Waals surface area contributed by atoms with Gasteiger partial charge >= 0.3 is 0 Å². The molecule has 0 aliphatic carbocycles. The van der Waals surface area contributed by atoms with Crippen LogP contribution >= 0.6 is 0 Å². The first-order chi connectivity index (χ1) is 8.35. The zero-order chi connectivity index (χ0) is 12.1. The van der Waals surface area contributed by atoms with Crippen molar-refractivity contribution in [1.29, 1.82) is 0 Å². The summed E-state index contributed by atoms with van der Waals surface area (Å²) < 4.78 is 10.3. The third kappa shape index (κ3) is 2.44. The maximum Gasteiger partial charge on any atom is 0.225 e. The van der Waals surface area contributed by atoms with E-state index in [2.05, 4.69) is 25.5 Å². The van der Waals surface area contributed by atoms with Gasteiger partial charge in [-0.25, -0.2) is 9.97 Å². The van der Waals surface area contributed by atoms with Gasteiger partial charge in [-0.3, -0.25) is 5.10 Å². The van der Waals surface area contributed by atoms with Crippen molar-refractivity contribution in [1.82, 2.24) is 20.2 Å². The molecule has 2 aromatic heterocycles. The highest BCUT2D eigenvalue weighted by atomic mass is 16.5. The van der Waals surface area contributed by atoms with E-state index in [1.165, 1.54) is 6.33 Å². The molecule has 0 saturated carbocycles. The molecule has 0 unspecified atom stereocenters. The summed E-state index contributed by atoms with van der Waals surface area (Å²) in [5.41, 5.74) is 1.64. The fourth-order valence-corrected chi connectivity index (χ4v) is 1.42. The number of rotatable bonds is 5. The van der Waals surface area contributed by atoms with Crippen molar-refractivity contribution in [2.45, 2.75) is 6.54 Å². The van der Waals surface area contributed by atoms with Crippen LogP contribution in [0.1, 0.15) is 5.56 Å². The summed E-state index contributed by atoms with van der Waals surface area (Å²) >= 11 is 0. The van der Waals surface area contributed by atoms with Gasteiger partial charge in [0.1, 0.15) is 6.33 Å². The molecule has 0 bridgehead atoms. The van der Waals surface area contributed by atoms with E-state index in [0.717, 1.165) is 11.3 Å². The molecule has 0 spiro atoms. The lowest BCUT2D eigenvalue weighted by molar-refractivity contribution is 0.363. The van der Waals surface area contributed by atoms with Crippen molar-refractivity contribution in [3.63, 3.8) is 0 Å². The zero-order valence-electron chi connectivity index (χ0n) is 9.60. The Bertz CT molecular complexity index is 449. The second-order valence-electron chi connectivity index (χ2n) is 3.21. The van der Waals surface area contributed by atoms with Gasteiger partial charge in [-0.15, -0.1) is 0 Å². The minimum atomic E-state index is 0.493. The average Bonchev–Trinajstić information content (AvgIpc) is 2.88. The SMILES string of the molecule is COc1ncnc(OC)c1CNc1cn[nH]c1. The van der Waals surface area contributed by atoms with Crippen LogP contribution in [0.3, 0.4) is 0 Å². The second kappa shape index (κ2) is 5.15. The van der Waals surface area contributed by atoms with Crippen LogP contribution in [0.2, 0.25) is 0 Å². The third-order valence-corrected chi connectivity index (χ3v) is 2.22. The van der Waals surface area contributed by atoms with Crippen molar-refractivity contribution < 1.29 is 9.47 Å². The molecule has 0 amide bonds. The van der Waals surface area contributed by atoms with Crippen LogP contribution in [-0.2, 0) is 6.54 Å². The first-order valence-electron chi connectivity index (χ1n) is 4.99. The van der Waals surface area contributed by atoms with E-state index in [9.17, 15) is 0 Å². The van der Waals surface area contributed by atoms with E-state index in [0.29, 0.717) is 18.3 Å². The monoisotopic (exact) mass is 235 g/mol. The van der Waals surface area contributed by atoms with Gasteiger partial charge in [0, 0.05) is 6.20 Å². The van der Waals surface area contributed by atoms with Crippen LogP contribution in [0.15, 0.2) is 18.7 Å². The van der Waals surface area contributed by atoms with Crippen LogP contribution in [0.4, 0.5) is 5.69 Å². The van der Waals surface area contributed by atoms with Gasteiger partial charge in [0.15, 0.2) is 0 Å². The summed E-state index contributed by atoms with van der Waals surface area (Å²) in [4.78, 5) is 8.06. The molecule has 2 aromatic rings. The van der Waals surface area contributed by atoms with Crippen LogP contribution in [0.25, 0.3) is 0 Å². The number of methoxy groups -OCH3 is 2. The number of nitrogens with one attached hydrogen (secondary N) is 2. The summed E-state index contributed by atoms with van der Waals surface area (Å²) in [5, 5.41) is 9.71. The Morgan fingerprint density at radius 2 is 1.94 bits per heavy atom. The largest absolute Gasteiger partial charge is 0.481 e. The second-order valence-corrected chi connectivity index (χ2v) is 3.21. The topological polar surface area (TPSA) is 85.0 Å². The molecule has 0 aliphatic rings. The molecule has 0 aromatic carbocycles.